The first-order valence-corrected chi connectivity index (χ1v) is 11.0. The van der Waals surface area contributed by atoms with Crippen LogP contribution in [0.4, 0.5) is 0 Å². The van der Waals surface area contributed by atoms with Gasteiger partial charge in [0.05, 0.1) is 6.61 Å². The number of hydrogen-bond donors (Lipinski definition) is 0. The lowest BCUT2D eigenvalue weighted by Crippen LogP contribution is -2.03. The molecule has 0 radical (unpaired) electrons. The highest BCUT2D eigenvalue weighted by Gasteiger charge is 2.00. The first kappa shape index (κ1) is 26.7. The molecule has 0 bridgehead atoms. The third-order valence-corrected chi connectivity index (χ3v) is 4.20. The van der Waals surface area contributed by atoms with Crippen LogP contribution in [0.15, 0.2) is 0 Å². The van der Waals surface area contributed by atoms with E-state index in [-0.39, 0.29) is 5.97 Å². The highest BCUT2D eigenvalue weighted by Crippen LogP contribution is 2.13. The molecule has 0 fully saturated rings. The second kappa shape index (κ2) is 25.7. The molecule has 0 aromatic rings. The Balaban J connectivity index is 0. The lowest BCUT2D eigenvalue weighted by molar-refractivity contribution is -0.143. The summed E-state index contributed by atoms with van der Waals surface area (Å²) in [6.45, 7) is 10.3. The second-order valence-electron chi connectivity index (χ2n) is 6.58. The van der Waals surface area contributed by atoms with E-state index in [2.05, 4.69) is 6.92 Å². The van der Waals surface area contributed by atoms with Gasteiger partial charge in [0.1, 0.15) is 0 Å². The Kier molecular flexibility index (Phi) is 27.4. The molecule has 0 aliphatic heterocycles. The molecule has 0 atom stereocenters. The highest BCUT2D eigenvalue weighted by atomic mass is 16.5. The fourth-order valence-electron chi connectivity index (χ4n) is 2.72. The second-order valence-corrected chi connectivity index (χ2v) is 6.58. The molecule has 0 amide bonds. The maximum atomic E-state index is 11.1. The first-order chi connectivity index (χ1) is 12.2. The van der Waals surface area contributed by atoms with E-state index in [0.717, 1.165) is 19.6 Å². The van der Waals surface area contributed by atoms with Crippen LogP contribution in [0.1, 0.15) is 118 Å². The molecule has 0 N–H and O–H groups in total. The van der Waals surface area contributed by atoms with Crippen molar-refractivity contribution in [1.82, 2.24) is 0 Å². The van der Waals surface area contributed by atoms with Crippen LogP contribution < -0.4 is 0 Å². The van der Waals surface area contributed by atoms with Crippen molar-refractivity contribution in [3.8, 4) is 0 Å². The van der Waals surface area contributed by atoms with E-state index in [1.807, 2.05) is 20.8 Å². The maximum absolute atomic E-state index is 11.1. The number of unbranched alkanes of at least 4 members (excludes halogenated alkanes) is 12. The van der Waals surface area contributed by atoms with Gasteiger partial charge in [-0.25, -0.2) is 0 Å². The SMILES string of the molecule is CCCCCCCCCCCCCCCC(=O)OCC.CCOCC. The van der Waals surface area contributed by atoms with E-state index < -0.39 is 0 Å². The van der Waals surface area contributed by atoms with E-state index in [1.54, 1.807) is 0 Å². The molecule has 0 rings (SSSR count). The van der Waals surface area contributed by atoms with Crippen LogP contribution >= 0.6 is 0 Å². The molecular weight excluding hydrogens is 312 g/mol. The van der Waals surface area contributed by atoms with Gasteiger partial charge in [-0.15, -0.1) is 0 Å². The maximum Gasteiger partial charge on any atom is 0.305 e. The summed E-state index contributed by atoms with van der Waals surface area (Å²) in [5.74, 6) is -0.0319. The molecule has 3 nitrogen and oxygen atoms in total. The molecule has 152 valence electrons. The molecule has 3 heteroatoms. The molecule has 0 unspecified atom stereocenters. The standard InChI is InChI=1S/C18H36O2.C4H10O/c1-3-5-6-7-8-9-10-11-12-13-14-15-16-17-18(19)20-4-2;1-3-5-4-2/h3-17H2,1-2H3;3-4H2,1-2H3. The Labute approximate surface area is 158 Å². The van der Waals surface area contributed by atoms with Crippen molar-refractivity contribution in [3.63, 3.8) is 0 Å². The number of carbonyl (C=O) groups excluding carboxylic acids is 1. The van der Waals surface area contributed by atoms with Crippen molar-refractivity contribution < 1.29 is 14.3 Å². The fraction of sp³-hybridized carbons (Fsp3) is 0.955. The van der Waals surface area contributed by atoms with Gasteiger partial charge in [0.2, 0.25) is 0 Å². The number of hydrogen-bond acceptors (Lipinski definition) is 3. The number of carbonyl (C=O) groups is 1. The van der Waals surface area contributed by atoms with Crippen molar-refractivity contribution in [2.45, 2.75) is 118 Å². The van der Waals surface area contributed by atoms with Crippen molar-refractivity contribution >= 4 is 5.97 Å². The van der Waals surface area contributed by atoms with Gasteiger partial charge in [0.15, 0.2) is 0 Å². The van der Waals surface area contributed by atoms with Gasteiger partial charge in [-0.05, 0) is 27.2 Å². The van der Waals surface area contributed by atoms with Crippen LogP contribution in [-0.4, -0.2) is 25.8 Å². The number of ether oxygens (including phenoxy) is 2. The Morgan fingerprint density at radius 2 is 0.960 bits per heavy atom. The zero-order valence-corrected chi connectivity index (χ0v) is 17.7. The van der Waals surface area contributed by atoms with Crippen molar-refractivity contribution in [1.29, 1.82) is 0 Å². The Morgan fingerprint density at radius 1 is 0.560 bits per heavy atom. The molecule has 0 aliphatic carbocycles. The summed E-state index contributed by atoms with van der Waals surface area (Å²) in [7, 11) is 0. The van der Waals surface area contributed by atoms with E-state index in [0.29, 0.717) is 13.0 Å². The minimum absolute atomic E-state index is 0.0319. The van der Waals surface area contributed by atoms with Gasteiger partial charge in [-0.2, -0.15) is 0 Å². The fourth-order valence-corrected chi connectivity index (χ4v) is 2.72. The smallest absolute Gasteiger partial charge is 0.305 e. The van der Waals surface area contributed by atoms with E-state index in [9.17, 15) is 4.79 Å². The summed E-state index contributed by atoms with van der Waals surface area (Å²) >= 11 is 0. The van der Waals surface area contributed by atoms with Gasteiger partial charge < -0.3 is 9.47 Å². The summed E-state index contributed by atoms with van der Waals surface area (Å²) in [6, 6.07) is 0. The highest BCUT2D eigenvalue weighted by molar-refractivity contribution is 5.69. The third-order valence-electron chi connectivity index (χ3n) is 4.20. The summed E-state index contributed by atoms with van der Waals surface area (Å²) in [6.07, 6.45) is 18.0. The summed E-state index contributed by atoms with van der Waals surface area (Å²) < 4.78 is 9.74. The van der Waals surface area contributed by atoms with Gasteiger partial charge >= 0.3 is 5.97 Å². The van der Waals surface area contributed by atoms with Crippen LogP contribution in [0.25, 0.3) is 0 Å². The van der Waals surface area contributed by atoms with Crippen LogP contribution in [0.5, 0.6) is 0 Å². The number of rotatable bonds is 17. The van der Waals surface area contributed by atoms with Crippen molar-refractivity contribution in [3.05, 3.63) is 0 Å². The molecule has 25 heavy (non-hydrogen) atoms. The Hall–Kier alpha value is -0.570. The predicted octanol–water partition coefficient (Wildman–Crippen LogP) is 7.07. The van der Waals surface area contributed by atoms with E-state index in [4.69, 9.17) is 9.47 Å². The van der Waals surface area contributed by atoms with Crippen LogP contribution in [0.3, 0.4) is 0 Å². The predicted molar refractivity (Wildman–Crippen MR) is 109 cm³/mol. The Bertz CT molecular complexity index is 239. The van der Waals surface area contributed by atoms with E-state index >= 15 is 0 Å². The normalized spacial score (nSPS) is 10.2. The average molecular weight is 359 g/mol. The monoisotopic (exact) mass is 358 g/mol. The Morgan fingerprint density at radius 3 is 1.28 bits per heavy atom. The van der Waals surface area contributed by atoms with Crippen molar-refractivity contribution in [2.24, 2.45) is 0 Å². The van der Waals surface area contributed by atoms with Crippen molar-refractivity contribution in [2.75, 3.05) is 19.8 Å². The van der Waals surface area contributed by atoms with Gasteiger partial charge in [0.25, 0.3) is 0 Å². The van der Waals surface area contributed by atoms with Gasteiger partial charge in [0, 0.05) is 19.6 Å². The summed E-state index contributed by atoms with van der Waals surface area (Å²) in [5.41, 5.74) is 0. The first-order valence-electron chi connectivity index (χ1n) is 11.0. The lowest BCUT2D eigenvalue weighted by atomic mass is 10.0. The molecule has 0 aromatic carbocycles. The van der Waals surface area contributed by atoms with Gasteiger partial charge in [-0.1, -0.05) is 84.0 Å². The quantitative estimate of drug-likeness (QED) is 0.206. The lowest BCUT2D eigenvalue weighted by Gasteiger charge is -2.03. The van der Waals surface area contributed by atoms with Crippen LogP contribution in [0, 0.1) is 0 Å². The average Bonchev–Trinajstić information content (AvgIpc) is 2.60. The number of esters is 1. The minimum Gasteiger partial charge on any atom is -0.466 e. The summed E-state index contributed by atoms with van der Waals surface area (Å²) in [4.78, 5) is 11.1. The van der Waals surface area contributed by atoms with E-state index in [1.165, 1.54) is 77.0 Å². The van der Waals surface area contributed by atoms with Gasteiger partial charge in [-0.3, -0.25) is 4.79 Å². The molecule has 0 aliphatic rings. The molecule has 0 saturated carbocycles. The largest absolute Gasteiger partial charge is 0.466 e. The molecule has 0 spiro atoms. The zero-order valence-electron chi connectivity index (χ0n) is 17.7. The molecule has 0 aromatic heterocycles. The molecular formula is C22H46O3. The topological polar surface area (TPSA) is 35.5 Å². The minimum atomic E-state index is -0.0319. The molecule has 0 saturated heterocycles. The zero-order chi connectivity index (χ0) is 19.0. The molecule has 0 heterocycles. The summed E-state index contributed by atoms with van der Waals surface area (Å²) in [5, 5.41) is 0. The van der Waals surface area contributed by atoms with Crippen LogP contribution in [-0.2, 0) is 14.3 Å². The van der Waals surface area contributed by atoms with Crippen LogP contribution in [0.2, 0.25) is 0 Å². The third kappa shape index (κ3) is 28.5.